The van der Waals surface area contributed by atoms with Gasteiger partial charge in [-0.3, -0.25) is 9.20 Å². The van der Waals surface area contributed by atoms with Crippen molar-refractivity contribution in [1.82, 2.24) is 18.7 Å². The molecule has 1 aliphatic rings. The third-order valence-electron chi connectivity index (χ3n) is 5.99. The van der Waals surface area contributed by atoms with E-state index in [0.717, 1.165) is 42.7 Å². The lowest BCUT2D eigenvalue weighted by molar-refractivity contribution is -0.929. The number of nitrogens with zero attached hydrogens (tertiary/aromatic N) is 4. The summed E-state index contributed by atoms with van der Waals surface area (Å²) in [4.78, 5) is 14.8. The van der Waals surface area contributed by atoms with Crippen LogP contribution in [-0.4, -0.2) is 43.0 Å². The molecule has 2 aromatic carbocycles. The van der Waals surface area contributed by atoms with Crippen LogP contribution in [-0.2, 0) is 6.67 Å². The summed E-state index contributed by atoms with van der Waals surface area (Å²) in [6.45, 7) is 4.36. The average Bonchev–Trinajstić information content (AvgIpc) is 3.07. The first-order chi connectivity index (χ1) is 14.5. The Bertz CT molecular complexity index is 1360. The van der Waals surface area contributed by atoms with E-state index in [1.54, 1.807) is 4.57 Å². The zero-order chi connectivity index (χ0) is 20.8. The zero-order valence-corrected chi connectivity index (χ0v) is 17.6. The van der Waals surface area contributed by atoms with Gasteiger partial charge >= 0.3 is 0 Å². The number of hydrogen-bond donors (Lipinski definition) is 2. The topological polar surface area (TPSA) is 68.9 Å². The molecule has 0 radical (unpaired) electrons. The lowest BCUT2D eigenvalue weighted by Gasteiger charge is -2.26. The summed E-state index contributed by atoms with van der Waals surface area (Å²) in [5, 5.41) is 15.2. The van der Waals surface area contributed by atoms with Crippen molar-refractivity contribution in [3.05, 3.63) is 69.2 Å². The van der Waals surface area contributed by atoms with Gasteiger partial charge in [-0.1, -0.05) is 30.3 Å². The fourth-order valence-electron chi connectivity index (χ4n) is 4.33. The van der Waals surface area contributed by atoms with Crippen LogP contribution >= 0.6 is 12.2 Å². The Morgan fingerprint density at radius 1 is 1.13 bits per heavy atom. The fraction of sp³-hybridized carbons (Fsp3) is 0.318. The predicted molar refractivity (Wildman–Crippen MR) is 118 cm³/mol. The highest BCUT2D eigenvalue weighted by molar-refractivity contribution is 7.71. The molecule has 1 aliphatic heterocycles. The smallest absolute Gasteiger partial charge is 0.267 e. The van der Waals surface area contributed by atoms with Gasteiger partial charge in [0.1, 0.15) is 0 Å². The third-order valence-corrected chi connectivity index (χ3v) is 6.39. The number of aryl methyl sites for hydroxylation is 1. The van der Waals surface area contributed by atoms with Crippen LogP contribution in [0.1, 0.15) is 18.4 Å². The molecule has 5 rings (SSSR count). The molecule has 1 saturated heterocycles. The largest absolute Gasteiger partial charge is 0.393 e. The predicted octanol–water partition coefficient (Wildman–Crippen LogP) is 1.47. The van der Waals surface area contributed by atoms with E-state index in [1.807, 2.05) is 64.5 Å². The lowest BCUT2D eigenvalue weighted by Crippen LogP contribution is -3.12. The molecule has 0 unspecified atom stereocenters. The molecule has 7 nitrogen and oxygen atoms in total. The minimum Gasteiger partial charge on any atom is -0.393 e. The van der Waals surface area contributed by atoms with Gasteiger partial charge in [0, 0.05) is 12.8 Å². The number of nitrogens with one attached hydrogen (secondary N) is 1. The van der Waals surface area contributed by atoms with Gasteiger partial charge in [0.05, 0.1) is 35.8 Å². The maximum atomic E-state index is 13.5. The van der Waals surface area contributed by atoms with Gasteiger partial charge in [0.15, 0.2) is 6.67 Å². The van der Waals surface area contributed by atoms with Crippen LogP contribution in [0.25, 0.3) is 22.4 Å². The molecule has 1 fully saturated rings. The van der Waals surface area contributed by atoms with E-state index < -0.39 is 0 Å². The second-order valence-electron chi connectivity index (χ2n) is 8.00. The van der Waals surface area contributed by atoms with E-state index in [0.29, 0.717) is 22.6 Å². The van der Waals surface area contributed by atoms with Gasteiger partial charge in [0.2, 0.25) is 10.5 Å². The molecule has 0 bridgehead atoms. The molecule has 2 aromatic heterocycles. The number of rotatable bonds is 3. The van der Waals surface area contributed by atoms with Crippen LogP contribution in [0.4, 0.5) is 0 Å². The van der Waals surface area contributed by atoms with Gasteiger partial charge in [0.25, 0.3) is 5.56 Å². The Labute approximate surface area is 178 Å². The molecule has 2 N–H and O–H groups in total. The monoisotopic (exact) mass is 422 g/mol. The molecule has 0 aliphatic carbocycles. The second-order valence-corrected chi connectivity index (χ2v) is 8.37. The van der Waals surface area contributed by atoms with Crippen molar-refractivity contribution in [3.63, 3.8) is 0 Å². The number of likely N-dealkylation sites (tertiary alicyclic amines) is 1. The molecule has 3 heterocycles. The van der Waals surface area contributed by atoms with E-state index in [9.17, 15) is 9.90 Å². The number of fused-ring (bicyclic) bond motifs is 3. The second kappa shape index (κ2) is 7.46. The van der Waals surface area contributed by atoms with E-state index in [1.165, 1.54) is 4.90 Å². The van der Waals surface area contributed by atoms with Crippen LogP contribution < -0.4 is 10.5 Å². The number of aromatic nitrogens is 4. The average molecular weight is 423 g/mol. The van der Waals surface area contributed by atoms with Crippen molar-refractivity contribution in [2.24, 2.45) is 0 Å². The summed E-state index contributed by atoms with van der Waals surface area (Å²) in [5.74, 6) is 0.523. The number of hydrogen-bond acceptors (Lipinski definition) is 4. The molecule has 30 heavy (non-hydrogen) atoms. The highest BCUT2D eigenvalue weighted by atomic mass is 32.1. The summed E-state index contributed by atoms with van der Waals surface area (Å²) in [6, 6.07) is 15.3. The first-order valence-electron chi connectivity index (χ1n) is 10.3. The maximum Gasteiger partial charge on any atom is 0.267 e. The minimum absolute atomic E-state index is 0.104. The van der Waals surface area contributed by atoms with E-state index in [4.69, 9.17) is 17.3 Å². The maximum absolute atomic E-state index is 13.5. The Hall–Kier alpha value is -2.81. The molecule has 154 valence electrons. The summed E-state index contributed by atoms with van der Waals surface area (Å²) < 4.78 is 5.95. The first-order valence-corrected chi connectivity index (χ1v) is 10.7. The van der Waals surface area contributed by atoms with Gasteiger partial charge in [-0.25, -0.2) is 4.57 Å². The molecule has 8 heteroatoms. The van der Waals surface area contributed by atoms with E-state index in [2.05, 4.69) is 0 Å². The van der Waals surface area contributed by atoms with Crippen molar-refractivity contribution in [1.29, 1.82) is 0 Å². The molecule has 0 spiro atoms. The Kier molecular flexibility index (Phi) is 4.77. The summed E-state index contributed by atoms with van der Waals surface area (Å²) in [6.07, 6.45) is 1.36. The number of para-hydroxylation sites is 2. The molecule has 4 aromatic rings. The zero-order valence-electron chi connectivity index (χ0n) is 16.8. The highest BCUT2D eigenvalue weighted by Gasteiger charge is 2.23. The number of aliphatic hydroxyl groups is 1. The van der Waals surface area contributed by atoms with Crippen LogP contribution in [0.2, 0.25) is 0 Å². The van der Waals surface area contributed by atoms with Crippen molar-refractivity contribution in [3.8, 4) is 5.69 Å². The van der Waals surface area contributed by atoms with E-state index in [-0.39, 0.29) is 11.7 Å². The number of aliphatic hydroxyl groups excluding tert-OH is 1. The quantitative estimate of drug-likeness (QED) is 0.491. The van der Waals surface area contributed by atoms with Crippen molar-refractivity contribution >= 4 is 28.9 Å². The van der Waals surface area contributed by atoms with Crippen molar-refractivity contribution in [2.75, 3.05) is 13.1 Å². The van der Waals surface area contributed by atoms with Crippen LogP contribution in [0.15, 0.2) is 53.3 Å². The standard InChI is InChI=1S/C22H23N5O2S/c1-15-6-2-4-8-18(15)26-20(29)17-7-3-5-9-19(17)27-21(26)23-25(22(27)30)14-24-12-10-16(28)11-13-24/h2-9,16,28H,10-14H2,1H3/p+1. The van der Waals surface area contributed by atoms with Crippen molar-refractivity contribution < 1.29 is 10.0 Å². The number of piperidine rings is 1. The van der Waals surface area contributed by atoms with Gasteiger partial charge in [-0.2, -0.15) is 4.68 Å². The lowest BCUT2D eigenvalue weighted by atomic mass is 10.1. The van der Waals surface area contributed by atoms with Gasteiger partial charge < -0.3 is 10.0 Å². The SMILES string of the molecule is Cc1ccccc1-n1c(=O)c2ccccc2n2c(=S)n(C[NH+]3CCC(O)CC3)nc12. The Morgan fingerprint density at radius 3 is 2.60 bits per heavy atom. The summed E-state index contributed by atoms with van der Waals surface area (Å²) in [5.41, 5.74) is 2.46. The molecule has 0 saturated carbocycles. The Balaban J connectivity index is 1.77. The van der Waals surface area contributed by atoms with Crippen LogP contribution in [0.3, 0.4) is 0 Å². The van der Waals surface area contributed by atoms with Crippen LogP contribution in [0, 0.1) is 11.7 Å². The minimum atomic E-state index is -0.210. The first kappa shape index (κ1) is 19.2. The molecule has 0 amide bonds. The molecular weight excluding hydrogens is 398 g/mol. The number of benzene rings is 2. The normalized spacial score (nSPS) is 19.5. The third kappa shape index (κ3) is 3.08. The van der Waals surface area contributed by atoms with Gasteiger partial charge in [-0.15, -0.1) is 5.10 Å². The summed E-state index contributed by atoms with van der Waals surface area (Å²) >= 11 is 5.82. The van der Waals surface area contributed by atoms with Gasteiger partial charge in [-0.05, 0) is 42.9 Å². The summed E-state index contributed by atoms with van der Waals surface area (Å²) in [7, 11) is 0. The van der Waals surface area contributed by atoms with E-state index >= 15 is 0 Å². The Morgan fingerprint density at radius 2 is 1.83 bits per heavy atom. The highest BCUT2D eigenvalue weighted by Crippen LogP contribution is 2.19. The van der Waals surface area contributed by atoms with Crippen LogP contribution in [0.5, 0.6) is 0 Å². The van der Waals surface area contributed by atoms with Crippen molar-refractivity contribution in [2.45, 2.75) is 32.5 Å². The molecule has 0 atom stereocenters. The fourth-order valence-corrected chi connectivity index (χ4v) is 4.61. The number of quaternary nitrogens is 1. The molecular formula is C22H24N5O2S+.